The normalized spacial score (nSPS) is 18.9. The second-order valence-corrected chi connectivity index (χ2v) is 6.63. The van der Waals surface area contributed by atoms with Gasteiger partial charge < -0.3 is 10.6 Å². The molecule has 0 bridgehead atoms. The van der Waals surface area contributed by atoms with Gasteiger partial charge in [-0.2, -0.15) is 0 Å². The van der Waals surface area contributed by atoms with Gasteiger partial charge in [-0.3, -0.25) is 9.69 Å². The Hall–Kier alpha value is -0.610. The van der Waals surface area contributed by atoms with Crippen LogP contribution in [0.4, 0.5) is 0 Å². The summed E-state index contributed by atoms with van der Waals surface area (Å²) in [5.74, 6) is 1.53. The first-order valence-corrected chi connectivity index (χ1v) is 8.17. The van der Waals surface area contributed by atoms with Crippen LogP contribution in [0.3, 0.4) is 0 Å². The Morgan fingerprint density at radius 1 is 1.05 bits per heavy atom. The fraction of sp³-hybridized carbons (Fsp3) is 0.938. The van der Waals surface area contributed by atoms with E-state index < -0.39 is 0 Å². The van der Waals surface area contributed by atoms with Crippen molar-refractivity contribution in [1.82, 2.24) is 9.80 Å². The van der Waals surface area contributed by atoms with Gasteiger partial charge >= 0.3 is 0 Å². The molecule has 1 rings (SSSR count). The lowest BCUT2D eigenvalue weighted by Crippen LogP contribution is -2.50. The van der Waals surface area contributed by atoms with Crippen LogP contribution < -0.4 is 5.73 Å². The van der Waals surface area contributed by atoms with E-state index in [4.69, 9.17) is 5.73 Å². The average molecular weight is 283 g/mol. The Morgan fingerprint density at radius 3 is 2.10 bits per heavy atom. The second kappa shape index (κ2) is 8.63. The summed E-state index contributed by atoms with van der Waals surface area (Å²) in [5.41, 5.74) is 5.66. The molecular weight excluding hydrogens is 250 g/mol. The van der Waals surface area contributed by atoms with Gasteiger partial charge in [0.2, 0.25) is 5.91 Å². The molecule has 0 spiro atoms. The maximum atomic E-state index is 12.3. The number of nitrogens with two attached hydrogens (primary N) is 1. The highest BCUT2D eigenvalue weighted by molar-refractivity contribution is 5.76. The SMILES string of the molecule is CC(C)C(CCN)CCC(=O)N1CCN(C(C)C)CC1. The van der Waals surface area contributed by atoms with E-state index in [1.54, 1.807) is 0 Å². The van der Waals surface area contributed by atoms with E-state index in [1.165, 1.54) is 0 Å². The van der Waals surface area contributed by atoms with Crippen LogP contribution in [0.15, 0.2) is 0 Å². The van der Waals surface area contributed by atoms with Crippen molar-refractivity contribution in [3.8, 4) is 0 Å². The highest BCUT2D eigenvalue weighted by Gasteiger charge is 2.23. The van der Waals surface area contributed by atoms with Gasteiger partial charge in [-0.1, -0.05) is 13.8 Å². The van der Waals surface area contributed by atoms with Gasteiger partial charge in [0, 0.05) is 38.6 Å². The third-order valence-corrected chi connectivity index (χ3v) is 4.61. The minimum Gasteiger partial charge on any atom is -0.340 e. The van der Waals surface area contributed by atoms with E-state index in [9.17, 15) is 4.79 Å². The number of carbonyl (C=O) groups is 1. The summed E-state index contributed by atoms with van der Waals surface area (Å²) in [7, 11) is 0. The van der Waals surface area contributed by atoms with Crippen LogP contribution in [0.25, 0.3) is 0 Å². The predicted molar refractivity (Wildman–Crippen MR) is 84.5 cm³/mol. The molecule has 1 saturated heterocycles. The lowest BCUT2D eigenvalue weighted by molar-refractivity contribution is -0.133. The zero-order chi connectivity index (χ0) is 15.1. The summed E-state index contributed by atoms with van der Waals surface area (Å²) < 4.78 is 0. The third-order valence-electron chi connectivity index (χ3n) is 4.61. The first-order valence-electron chi connectivity index (χ1n) is 8.17. The predicted octanol–water partition coefficient (Wildman–Crippen LogP) is 1.94. The van der Waals surface area contributed by atoms with E-state index in [1.807, 2.05) is 4.90 Å². The minimum absolute atomic E-state index is 0.330. The number of hydrogen-bond donors (Lipinski definition) is 1. The summed E-state index contributed by atoms with van der Waals surface area (Å²) in [6, 6.07) is 0.585. The molecule has 118 valence electrons. The van der Waals surface area contributed by atoms with Gasteiger partial charge in [0.15, 0.2) is 0 Å². The fourth-order valence-electron chi connectivity index (χ4n) is 2.98. The van der Waals surface area contributed by atoms with Crippen LogP contribution in [0, 0.1) is 11.8 Å². The molecule has 1 aliphatic heterocycles. The number of nitrogens with zero attached hydrogens (tertiary/aromatic N) is 2. The molecule has 1 amide bonds. The zero-order valence-corrected chi connectivity index (χ0v) is 13.8. The molecule has 1 unspecified atom stereocenters. The first kappa shape index (κ1) is 17.4. The molecule has 1 heterocycles. The van der Waals surface area contributed by atoms with Crippen molar-refractivity contribution in [2.45, 2.75) is 53.0 Å². The molecule has 0 aliphatic carbocycles. The standard InChI is InChI=1S/C16H33N3O/c1-13(2)15(7-8-17)5-6-16(20)19-11-9-18(10-12-19)14(3)4/h13-15H,5-12,17H2,1-4H3. The molecule has 4 heteroatoms. The van der Waals surface area contributed by atoms with Crippen molar-refractivity contribution in [1.29, 1.82) is 0 Å². The van der Waals surface area contributed by atoms with Gasteiger partial charge in [0.25, 0.3) is 0 Å². The van der Waals surface area contributed by atoms with Gasteiger partial charge in [0.1, 0.15) is 0 Å². The highest BCUT2D eigenvalue weighted by atomic mass is 16.2. The smallest absolute Gasteiger partial charge is 0.222 e. The molecule has 0 aromatic heterocycles. The quantitative estimate of drug-likeness (QED) is 0.777. The number of amides is 1. The molecule has 1 atom stereocenters. The van der Waals surface area contributed by atoms with E-state index >= 15 is 0 Å². The molecule has 20 heavy (non-hydrogen) atoms. The first-order chi connectivity index (χ1) is 9.45. The summed E-state index contributed by atoms with van der Waals surface area (Å²) >= 11 is 0. The maximum Gasteiger partial charge on any atom is 0.222 e. The number of piperazine rings is 1. The Morgan fingerprint density at radius 2 is 1.65 bits per heavy atom. The van der Waals surface area contributed by atoms with Crippen molar-refractivity contribution in [3.05, 3.63) is 0 Å². The second-order valence-electron chi connectivity index (χ2n) is 6.63. The molecule has 1 fully saturated rings. The Labute approximate surface area is 124 Å². The Bertz CT molecular complexity index is 283. The number of carbonyl (C=O) groups excluding carboxylic acids is 1. The Kier molecular flexibility index (Phi) is 7.52. The minimum atomic E-state index is 0.330. The lowest BCUT2D eigenvalue weighted by atomic mass is 9.88. The number of rotatable bonds is 7. The lowest BCUT2D eigenvalue weighted by Gasteiger charge is -2.37. The van der Waals surface area contributed by atoms with Crippen molar-refractivity contribution in [2.75, 3.05) is 32.7 Å². The summed E-state index contributed by atoms with van der Waals surface area (Å²) in [6.07, 6.45) is 2.70. The zero-order valence-electron chi connectivity index (χ0n) is 13.8. The number of hydrogen-bond acceptors (Lipinski definition) is 3. The molecule has 4 nitrogen and oxygen atoms in total. The van der Waals surface area contributed by atoms with Crippen molar-refractivity contribution in [3.63, 3.8) is 0 Å². The Balaban J connectivity index is 2.33. The van der Waals surface area contributed by atoms with E-state index in [0.29, 0.717) is 30.2 Å². The van der Waals surface area contributed by atoms with Crippen LogP contribution in [0.5, 0.6) is 0 Å². The topological polar surface area (TPSA) is 49.6 Å². The van der Waals surface area contributed by atoms with Crippen molar-refractivity contribution in [2.24, 2.45) is 17.6 Å². The van der Waals surface area contributed by atoms with Crippen LogP contribution in [0.1, 0.15) is 47.0 Å². The van der Waals surface area contributed by atoms with Crippen LogP contribution in [-0.2, 0) is 4.79 Å². The molecule has 0 radical (unpaired) electrons. The highest BCUT2D eigenvalue weighted by Crippen LogP contribution is 2.21. The molecule has 0 aromatic rings. The largest absolute Gasteiger partial charge is 0.340 e. The monoisotopic (exact) mass is 283 g/mol. The average Bonchev–Trinajstić information content (AvgIpc) is 2.42. The van der Waals surface area contributed by atoms with Crippen molar-refractivity contribution < 1.29 is 4.79 Å². The maximum absolute atomic E-state index is 12.3. The van der Waals surface area contributed by atoms with Gasteiger partial charge in [-0.15, -0.1) is 0 Å². The van der Waals surface area contributed by atoms with E-state index in [-0.39, 0.29) is 0 Å². The van der Waals surface area contributed by atoms with Gasteiger partial charge in [-0.05, 0) is 45.1 Å². The molecule has 1 aliphatic rings. The van der Waals surface area contributed by atoms with Crippen LogP contribution in [-0.4, -0.2) is 54.5 Å². The molecule has 0 saturated carbocycles. The van der Waals surface area contributed by atoms with Crippen LogP contribution >= 0.6 is 0 Å². The fourth-order valence-corrected chi connectivity index (χ4v) is 2.98. The molecule has 2 N–H and O–H groups in total. The van der Waals surface area contributed by atoms with Crippen molar-refractivity contribution >= 4 is 5.91 Å². The molecular formula is C16H33N3O. The third kappa shape index (κ3) is 5.41. The summed E-state index contributed by atoms with van der Waals surface area (Å²) in [6.45, 7) is 13.4. The van der Waals surface area contributed by atoms with E-state index in [0.717, 1.165) is 45.6 Å². The van der Waals surface area contributed by atoms with E-state index in [2.05, 4.69) is 32.6 Å². The summed E-state index contributed by atoms with van der Waals surface area (Å²) in [4.78, 5) is 16.8. The van der Waals surface area contributed by atoms with Crippen LogP contribution in [0.2, 0.25) is 0 Å². The summed E-state index contributed by atoms with van der Waals surface area (Å²) in [5, 5.41) is 0. The molecule has 0 aromatic carbocycles. The van der Waals surface area contributed by atoms with Gasteiger partial charge in [0.05, 0.1) is 0 Å². The van der Waals surface area contributed by atoms with Gasteiger partial charge in [-0.25, -0.2) is 0 Å².